The van der Waals surface area contributed by atoms with Gasteiger partial charge in [0.1, 0.15) is 11.5 Å². The molecule has 0 fully saturated rings. The summed E-state index contributed by atoms with van der Waals surface area (Å²) in [5, 5.41) is 0. The molecule has 0 bridgehead atoms. The molecule has 0 aliphatic carbocycles. The molecule has 0 unspecified atom stereocenters. The number of methoxy groups -OCH3 is 4. The van der Waals surface area contributed by atoms with E-state index < -0.39 is 11.9 Å². The van der Waals surface area contributed by atoms with E-state index in [1.807, 2.05) is 0 Å². The standard InChI is InChI=1S/C15H18O6/c1-18-12-6-10(7-13(9-12)19-2)5-11(15(17)21-4)8-14(16)20-3/h5-7,9H,8H2,1-4H3. The monoisotopic (exact) mass is 294 g/mol. The first-order chi connectivity index (χ1) is 10.0. The van der Waals surface area contributed by atoms with Crippen molar-refractivity contribution in [3.8, 4) is 11.5 Å². The Balaban J connectivity index is 3.19. The van der Waals surface area contributed by atoms with Crippen LogP contribution in [0.15, 0.2) is 23.8 Å². The molecule has 0 radical (unpaired) electrons. The normalized spacial score (nSPS) is 10.8. The Hall–Kier alpha value is -2.50. The van der Waals surface area contributed by atoms with Crippen LogP contribution in [-0.2, 0) is 19.1 Å². The van der Waals surface area contributed by atoms with Gasteiger partial charge in [-0.05, 0) is 23.8 Å². The summed E-state index contributed by atoms with van der Waals surface area (Å²) >= 11 is 0. The van der Waals surface area contributed by atoms with Gasteiger partial charge in [-0.2, -0.15) is 0 Å². The van der Waals surface area contributed by atoms with E-state index in [-0.39, 0.29) is 12.0 Å². The number of hydrogen-bond donors (Lipinski definition) is 0. The molecule has 0 amide bonds. The Morgan fingerprint density at radius 2 is 1.52 bits per heavy atom. The van der Waals surface area contributed by atoms with Gasteiger partial charge in [0.2, 0.25) is 0 Å². The zero-order chi connectivity index (χ0) is 15.8. The number of benzene rings is 1. The Morgan fingerprint density at radius 1 is 0.952 bits per heavy atom. The molecule has 0 saturated carbocycles. The number of rotatable bonds is 6. The van der Waals surface area contributed by atoms with Crippen molar-refractivity contribution in [1.82, 2.24) is 0 Å². The maximum Gasteiger partial charge on any atom is 0.334 e. The van der Waals surface area contributed by atoms with Gasteiger partial charge in [-0.15, -0.1) is 0 Å². The van der Waals surface area contributed by atoms with Crippen LogP contribution in [0.1, 0.15) is 12.0 Å². The molecule has 0 saturated heterocycles. The van der Waals surface area contributed by atoms with Gasteiger partial charge in [0.15, 0.2) is 0 Å². The highest BCUT2D eigenvalue weighted by atomic mass is 16.5. The third kappa shape index (κ3) is 4.83. The topological polar surface area (TPSA) is 71.1 Å². The smallest absolute Gasteiger partial charge is 0.334 e. The van der Waals surface area contributed by atoms with Crippen LogP contribution in [0.25, 0.3) is 6.08 Å². The molecule has 1 aromatic carbocycles. The average molecular weight is 294 g/mol. The predicted octanol–water partition coefficient (Wildman–Crippen LogP) is 1.82. The second kappa shape index (κ2) is 7.94. The minimum absolute atomic E-state index is 0.178. The fraction of sp³-hybridized carbons (Fsp3) is 0.333. The van der Waals surface area contributed by atoms with Gasteiger partial charge >= 0.3 is 11.9 Å². The van der Waals surface area contributed by atoms with Crippen molar-refractivity contribution in [2.75, 3.05) is 28.4 Å². The largest absolute Gasteiger partial charge is 0.497 e. The summed E-state index contributed by atoms with van der Waals surface area (Å²) in [4.78, 5) is 23.1. The second-order valence-electron chi connectivity index (χ2n) is 4.06. The SMILES string of the molecule is COC(=O)CC(=Cc1cc(OC)cc(OC)c1)C(=O)OC. The van der Waals surface area contributed by atoms with Crippen LogP contribution in [0.2, 0.25) is 0 Å². The van der Waals surface area contributed by atoms with E-state index >= 15 is 0 Å². The first-order valence-corrected chi connectivity index (χ1v) is 6.12. The molecule has 21 heavy (non-hydrogen) atoms. The van der Waals surface area contributed by atoms with E-state index in [0.29, 0.717) is 17.1 Å². The molecule has 0 N–H and O–H groups in total. The van der Waals surface area contributed by atoms with Crippen molar-refractivity contribution in [2.24, 2.45) is 0 Å². The van der Waals surface area contributed by atoms with Gasteiger partial charge in [-0.25, -0.2) is 4.79 Å². The maximum absolute atomic E-state index is 11.7. The minimum atomic E-state index is -0.595. The molecule has 0 aromatic heterocycles. The number of carbonyl (C=O) groups excluding carboxylic acids is 2. The maximum atomic E-state index is 11.7. The molecule has 6 heteroatoms. The van der Waals surface area contributed by atoms with Gasteiger partial charge in [0.05, 0.1) is 34.9 Å². The van der Waals surface area contributed by atoms with Crippen molar-refractivity contribution in [3.63, 3.8) is 0 Å². The van der Waals surface area contributed by atoms with E-state index in [0.717, 1.165) is 0 Å². The lowest BCUT2D eigenvalue weighted by Crippen LogP contribution is -2.11. The van der Waals surface area contributed by atoms with E-state index in [9.17, 15) is 9.59 Å². The summed E-state index contributed by atoms with van der Waals surface area (Å²) in [6.07, 6.45) is 1.36. The summed E-state index contributed by atoms with van der Waals surface area (Å²) in [6.45, 7) is 0. The lowest BCUT2D eigenvalue weighted by atomic mass is 10.1. The Labute approximate surface area is 123 Å². The summed E-state index contributed by atoms with van der Waals surface area (Å²) < 4.78 is 19.5. The van der Waals surface area contributed by atoms with Gasteiger partial charge < -0.3 is 18.9 Å². The first kappa shape index (κ1) is 16.6. The average Bonchev–Trinajstić information content (AvgIpc) is 2.52. The molecule has 1 rings (SSSR count). The van der Waals surface area contributed by atoms with E-state index in [4.69, 9.17) is 9.47 Å². The summed E-state index contributed by atoms with van der Waals surface area (Å²) in [5.74, 6) is 0.0227. The van der Waals surface area contributed by atoms with Crippen molar-refractivity contribution in [2.45, 2.75) is 6.42 Å². The van der Waals surface area contributed by atoms with E-state index in [1.54, 1.807) is 18.2 Å². The zero-order valence-electron chi connectivity index (χ0n) is 12.5. The van der Waals surface area contributed by atoms with E-state index in [2.05, 4.69) is 9.47 Å². The van der Waals surface area contributed by atoms with Crippen LogP contribution < -0.4 is 9.47 Å². The van der Waals surface area contributed by atoms with Crippen LogP contribution >= 0.6 is 0 Å². The second-order valence-corrected chi connectivity index (χ2v) is 4.06. The summed E-state index contributed by atoms with van der Waals surface area (Å²) in [7, 11) is 5.56. The molecule has 1 aromatic rings. The van der Waals surface area contributed by atoms with Crippen LogP contribution in [0.3, 0.4) is 0 Å². The molecule has 0 aliphatic rings. The lowest BCUT2D eigenvalue weighted by molar-refractivity contribution is -0.143. The lowest BCUT2D eigenvalue weighted by Gasteiger charge is -2.08. The minimum Gasteiger partial charge on any atom is -0.497 e. The molecule has 6 nitrogen and oxygen atoms in total. The molecule has 114 valence electrons. The van der Waals surface area contributed by atoms with Gasteiger partial charge in [0.25, 0.3) is 0 Å². The van der Waals surface area contributed by atoms with Crippen molar-refractivity contribution >= 4 is 18.0 Å². The van der Waals surface area contributed by atoms with Crippen LogP contribution in [0.4, 0.5) is 0 Å². The van der Waals surface area contributed by atoms with Gasteiger partial charge in [0, 0.05) is 11.6 Å². The molecular weight excluding hydrogens is 276 g/mol. The number of hydrogen-bond acceptors (Lipinski definition) is 6. The van der Waals surface area contributed by atoms with Crippen LogP contribution in [0.5, 0.6) is 11.5 Å². The highest BCUT2D eigenvalue weighted by Gasteiger charge is 2.15. The highest BCUT2D eigenvalue weighted by molar-refractivity contribution is 5.98. The number of carbonyl (C=O) groups is 2. The summed E-state index contributed by atoms with van der Waals surface area (Å²) in [5.41, 5.74) is 0.829. The highest BCUT2D eigenvalue weighted by Crippen LogP contribution is 2.24. The quantitative estimate of drug-likeness (QED) is 0.589. The van der Waals surface area contributed by atoms with E-state index in [1.165, 1.54) is 34.5 Å². The Bertz CT molecular complexity index is 525. The van der Waals surface area contributed by atoms with Crippen LogP contribution in [0, 0.1) is 0 Å². The number of esters is 2. The van der Waals surface area contributed by atoms with Crippen molar-refractivity contribution in [3.05, 3.63) is 29.3 Å². The third-order valence-electron chi connectivity index (χ3n) is 2.72. The van der Waals surface area contributed by atoms with Crippen LogP contribution in [-0.4, -0.2) is 40.4 Å². The first-order valence-electron chi connectivity index (χ1n) is 6.12. The fourth-order valence-electron chi connectivity index (χ4n) is 1.65. The molecular formula is C15H18O6. The third-order valence-corrected chi connectivity index (χ3v) is 2.72. The molecule has 0 atom stereocenters. The number of ether oxygens (including phenoxy) is 4. The summed E-state index contributed by atoms with van der Waals surface area (Å²) in [6, 6.07) is 5.13. The molecule has 0 spiro atoms. The zero-order valence-corrected chi connectivity index (χ0v) is 12.5. The van der Waals surface area contributed by atoms with Gasteiger partial charge in [-0.3, -0.25) is 4.79 Å². The molecule has 0 heterocycles. The van der Waals surface area contributed by atoms with Gasteiger partial charge in [-0.1, -0.05) is 0 Å². The Kier molecular flexibility index (Phi) is 6.26. The Morgan fingerprint density at radius 3 is 1.95 bits per heavy atom. The van der Waals surface area contributed by atoms with Crippen molar-refractivity contribution in [1.29, 1.82) is 0 Å². The van der Waals surface area contributed by atoms with Crippen molar-refractivity contribution < 1.29 is 28.5 Å². The molecule has 0 aliphatic heterocycles. The fourth-order valence-corrected chi connectivity index (χ4v) is 1.65. The predicted molar refractivity (Wildman–Crippen MR) is 76.2 cm³/mol.